The van der Waals surface area contributed by atoms with Crippen LogP contribution in [0.15, 0.2) is 53.3 Å². The number of benzene rings is 1. The number of nitrogens with one attached hydrogen (secondary N) is 2. The Morgan fingerprint density at radius 2 is 1.96 bits per heavy atom. The molecule has 3 aromatic rings. The second kappa shape index (κ2) is 8.49. The molecule has 0 bridgehead atoms. The Morgan fingerprint density at radius 3 is 2.70 bits per heavy atom. The molecule has 2 heterocycles. The third-order valence-electron chi connectivity index (χ3n) is 3.99. The molecule has 2 aromatic heterocycles. The number of nitrogens with zero attached hydrogens (tertiary/aromatic N) is 2. The van der Waals surface area contributed by atoms with Crippen molar-refractivity contribution in [2.24, 2.45) is 0 Å². The van der Waals surface area contributed by atoms with Crippen molar-refractivity contribution in [3.63, 3.8) is 0 Å². The van der Waals surface area contributed by atoms with Crippen LogP contribution < -0.4 is 10.6 Å². The first-order chi connectivity index (χ1) is 13.0. The fraction of sp³-hybridized carbons (Fsp3) is 0.286. The summed E-state index contributed by atoms with van der Waals surface area (Å²) in [5, 5.41) is 6.11. The second-order valence-corrected chi connectivity index (χ2v) is 6.71. The van der Waals surface area contributed by atoms with Crippen LogP contribution in [0.25, 0.3) is 11.5 Å². The largest absolute Gasteiger partial charge is 0.444 e. The van der Waals surface area contributed by atoms with Crippen LogP contribution in [-0.4, -0.2) is 28.5 Å². The van der Waals surface area contributed by atoms with Crippen LogP contribution in [0.5, 0.6) is 0 Å². The van der Waals surface area contributed by atoms with Crippen LogP contribution in [0, 0.1) is 6.92 Å². The number of pyridine rings is 1. The number of hydrogen-bond donors (Lipinski definition) is 2. The molecule has 0 atom stereocenters. The highest BCUT2D eigenvalue weighted by molar-refractivity contribution is 5.98. The van der Waals surface area contributed by atoms with Crippen molar-refractivity contribution in [3.8, 4) is 11.5 Å². The molecular formula is C21H24N4O2. The summed E-state index contributed by atoms with van der Waals surface area (Å²) in [6.07, 6.45) is 3.90. The fourth-order valence-corrected chi connectivity index (χ4v) is 2.63. The number of carbonyl (C=O) groups is 1. The van der Waals surface area contributed by atoms with E-state index >= 15 is 0 Å². The van der Waals surface area contributed by atoms with Gasteiger partial charge in [-0.05, 0) is 45.0 Å². The van der Waals surface area contributed by atoms with Gasteiger partial charge < -0.3 is 15.1 Å². The monoisotopic (exact) mass is 364 g/mol. The van der Waals surface area contributed by atoms with E-state index in [1.54, 1.807) is 24.6 Å². The number of aryl methyl sites for hydroxylation is 1. The van der Waals surface area contributed by atoms with E-state index in [0.29, 0.717) is 30.2 Å². The van der Waals surface area contributed by atoms with E-state index in [-0.39, 0.29) is 11.9 Å². The summed E-state index contributed by atoms with van der Waals surface area (Å²) in [5.74, 6) is 1.02. The van der Waals surface area contributed by atoms with Crippen molar-refractivity contribution in [1.82, 2.24) is 15.3 Å². The van der Waals surface area contributed by atoms with Crippen molar-refractivity contribution in [3.05, 3.63) is 65.7 Å². The van der Waals surface area contributed by atoms with Crippen molar-refractivity contribution < 1.29 is 9.21 Å². The van der Waals surface area contributed by atoms with Crippen LogP contribution in [0.4, 0.5) is 5.82 Å². The Bertz CT molecular complexity index is 901. The maximum Gasteiger partial charge on any atom is 0.255 e. The maximum atomic E-state index is 12.5. The van der Waals surface area contributed by atoms with Crippen molar-refractivity contribution >= 4 is 11.7 Å². The first-order valence-electron chi connectivity index (χ1n) is 9.04. The standard InChI is InChI=1S/C21H24N4O2/c1-14(2)24-19-18(5-4-11-22-19)20(26)23-12-10-17-13-27-21(25-17)16-8-6-15(3)7-9-16/h4-9,11,13-14H,10,12H2,1-3H3,(H,22,24)(H,23,26). The molecule has 2 N–H and O–H groups in total. The molecule has 140 valence electrons. The van der Waals surface area contributed by atoms with E-state index in [0.717, 1.165) is 11.3 Å². The molecule has 6 heteroatoms. The Morgan fingerprint density at radius 1 is 1.19 bits per heavy atom. The van der Waals surface area contributed by atoms with E-state index in [9.17, 15) is 4.79 Å². The predicted octanol–water partition coefficient (Wildman–Crippen LogP) is 3.84. The van der Waals surface area contributed by atoms with Crippen LogP contribution in [0.1, 0.15) is 35.5 Å². The molecule has 0 saturated carbocycles. The van der Waals surface area contributed by atoms with Gasteiger partial charge in [0.25, 0.3) is 5.91 Å². The Labute approximate surface area is 159 Å². The molecule has 27 heavy (non-hydrogen) atoms. The van der Waals surface area contributed by atoms with E-state index in [4.69, 9.17) is 4.42 Å². The summed E-state index contributed by atoms with van der Waals surface area (Å²) in [5.41, 5.74) is 3.47. The Hall–Kier alpha value is -3.15. The maximum absolute atomic E-state index is 12.5. The molecular weight excluding hydrogens is 340 g/mol. The van der Waals surface area contributed by atoms with Crippen molar-refractivity contribution in [1.29, 1.82) is 0 Å². The lowest BCUT2D eigenvalue weighted by Gasteiger charge is -2.13. The fourth-order valence-electron chi connectivity index (χ4n) is 2.63. The van der Waals surface area contributed by atoms with Crippen LogP contribution in [0.2, 0.25) is 0 Å². The third kappa shape index (κ3) is 4.94. The molecule has 6 nitrogen and oxygen atoms in total. The molecule has 1 amide bonds. The summed E-state index contributed by atoms with van der Waals surface area (Å²) in [7, 11) is 0. The third-order valence-corrected chi connectivity index (χ3v) is 3.99. The number of rotatable bonds is 7. The summed E-state index contributed by atoms with van der Waals surface area (Å²) in [6, 6.07) is 11.7. The lowest BCUT2D eigenvalue weighted by atomic mass is 10.1. The van der Waals surface area contributed by atoms with Gasteiger partial charge in [0.15, 0.2) is 0 Å². The van der Waals surface area contributed by atoms with Crippen molar-refractivity contribution in [2.45, 2.75) is 33.2 Å². The summed E-state index contributed by atoms with van der Waals surface area (Å²) in [6.45, 7) is 6.52. The molecule has 0 aliphatic carbocycles. The average Bonchev–Trinajstić information content (AvgIpc) is 3.11. The quantitative estimate of drug-likeness (QED) is 0.666. The topological polar surface area (TPSA) is 80.0 Å². The minimum atomic E-state index is -0.159. The number of carbonyl (C=O) groups excluding carboxylic acids is 1. The minimum Gasteiger partial charge on any atom is -0.444 e. The van der Waals surface area contributed by atoms with Gasteiger partial charge in [0.1, 0.15) is 12.1 Å². The summed E-state index contributed by atoms with van der Waals surface area (Å²) >= 11 is 0. The van der Waals surface area contributed by atoms with Gasteiger partial charge in [-0.15, -0.1) is 0 Å². The molecule has 3 rings (SSSR count). The lowest BCUT2D eigenvalue weighted by molar-refractivity contribution is 0.0954. The van der Waals surface area contributed by atoms with Gasteiger partial charge in [0.2, 0.25) is 5.89 Å². The van der Waals surface area contributed by atoms with Gasteiger partial charge in [0.05, 0.1) is 11.3 Å². The lowest BCUT2D eigenvalue weighted by Crippen LogP contribution is -2.27. The molecule has 0 radical (unpaired) electrons. The Kier molecular flexibility index (Phi) is 5.86. The summed E-state index contributed by atoms with van der Waals surface area (Å²) in [4.78, 5) is 21.2. The minimum absolute atomic E-state index is 0.159. The van der Waals surface area contributed by atoms with Crippen molar-refractivity contribution in [2.75, 3.05) is 11.9 Å². The molecule has 0 aliphatic rings. The van der Waals surface area contributed by atoms with Gasteiger partial charge in [-0.3, -0.25) is 4.79 Å². The molecule has 0 unspecified atom stereocenters. The van der Waals surface area contributed by atoms with Gasteiger partial charge in [0, 0.05) is 30.8 Å². The normalized spacial score (nSPS) is 10.8. The second-order valence-electron chi connectivity index (χ2n) is 6.71. The van der Waals surface area contributed by atoms with Crippen LogP contribution >= 0.6 is 0 Å². The first kappa shape index (κ1) is 18.6. The zero-order valence-corrected chi connectivity index (χ0v) is 15.8. The van der Waals surface area contributed by atoms with E-state index in [2.05, 4.69) is 20.6 Å². The summed E-state index contributed by atoms with van der Waals surface area (Å²) < 4.78 is 5.55. The molecule has 0 fully saturated rings. The van der Waals surface area contributed by atoms with E-state index in [1.165, 1.54) is 5.56 Å². The molecule has 0 aliphatic heterocycles. The highest BCUT2D eigenvalue weighted by Crippen LogP contribution is 2.19. The molecule has 0 spiro atoms. The van der Waals surface area contributed by atoms with E-state index in [1.807, 2.05) is 45.0 Å². The SMILES string of the molecule is Cc1ccc(-c2nc(CCNC(=O)c3cccnc3NC(C)C)co2)cc1. The van der Waals surface area contributed by atoms with Gasteiger partial charge in [-0.2, -0.15) is 0 Å². The average molecular weight is 364 g/mol. The van der Waals surface area contributed by atoms with Gasteiger partial charge in [-0.1, -0.05) is 17.7 Å². The van der Waals surface area contributed by atoms with Crippen LogP contribution in [0.3, 0.4) is 0 Å². The number of aromatic nitrogens is 2. The Balaban J connectivity index is 1.57. The number of oxazole rings is 1. The number of hydrogen-bond acceptors (Lipinski definition) is 5. The highest BCUT2D eigenvalue weighted by Gasteiger charge is 2.13. The predicted molar refractivity (Wildman–Crippen MR) is 106 cm³/mol. The van der Waals surface area contributed by atoms with Crippen LogP contribution in [-0.2, 0) is 6.42 Å². The number of amides is 1. The van der Waals surface area contributed by atoms with Gasteiger partial charge in [-0.25, -0.2) is 9.97 Å². The van der Waals surface area contributed by atoms with Gasteiger partial charge >= 0.3 is 0 Å². The molecule has 1 aromatic carbocycles. The zero-order valence-electron chi connectivity index (χ0n) is 15.8. The highest BCUT2D eigenvalue weighted by atomic mass is 16.3. The first-order valence-corrected chi connectivity index (χ1v) is 9.04. The smallest absolute Gasteiger partial charge is 0.255 e. The van der Waals surface area contributed by atoms with E-state index < -0.39 is 0 Å². The molecule has 0 saturated heterocycles. The zero-order chi connectivity index (χ0) is 19.2. The number of anilines is 1.